The third-order valence-corrected chi connectivity index (χ3v) is 1.89. The molecule has 0 unspecified atom stereocenters. The van der Waals surface area contributed by atoms with E-state index in [0.717, 1.165) is 13.2 Å². The Balaban J connectivity index is -0.000000480. The summed E-state index contributed by atoms with van der Waals surface area (Å²) in [7, 11) is 0. The fourth-order valence-corrected chi connectivity index (χ4v) is 1.10. The van der Waals surface area contributed by atoms with Gasteiger partial charge in [-0.05, 0) is 20.8 Å². The number of hydrogen-bond acceptors (Lipinski definition) is 2. The Morgan fingerprint density at radius 1 is 1.57 bits per heavy atom. The molecule has 0 bridgehead atoms. The van der Waals surface area contributed by atoms with E-state index in [9.17, 15) is 0 Å². The molecule has 0 aliphatic carbocycles. The molecule has 0 spiro atoms. The molecule has 0 atom stereocenters. The van der Waals surface area contributed by atoms with Crippen molar-refractivity contribution in [1.29, 1.82) is 0 Å². The van der Waals surface area contributed by atoms with E-state index in [2.05, 4.69) is 43.3 Å². The summed E-state index contributed by atoms with van der Waals surface area (Å²) >= 11 is 0. The van der Waals surface area contributed by atoms with Crippen LogP contribution >= 0.6 is 0 Å². The maximum Gasteiger partial charge on any atom is 1.00 e. The maximum atomic E-state index is 3.70. The molecule has 0 aromatic rings. The van der Waals surface area contributed by atoms with Crippen molar-refractivity contribution >= 4 is 0 Å². The van der Waals surface area contributed by atoms with Crippen LogP contribution in [-0.4, -0.2) is 28.6 Å². The van der Waals surface area contributed by atoms with E-state index in [4.69, 9.17) is 0 Å². The van der Waals surface area contributed by atoms with Crippen LogP contribution in [0.3, 0.4) is 0 Å². The van der Waals surface area contributed by atoms with Crippen molar-refractivity contribution in [2.45, 2.75) is 26.3 Å². The fraction of sp³-hybridized carbons (Fsp3) is 0.600. The molecule has 0 N–H and O–H groups in total. The molecule has 0 amide bonds. The van der Waals surface area contributed by atoms with E-state index < -0.39 is 0 Å². The number of halogens is 1. The average molecular weight is 400 g/mol. The Morgan fingerprint density at radius 3 is 2.50 bits per heavy atom. The van der Waals surface area contributed by atoms with E-state index >= 15 is 0 Å². The molecule has 14 heavy (non-hydrogen) atoms. The minimum atomic E-state index is 0. The average Bonchev–Trinajstić information content (AvgIpc) is 2.35. The first-order chi connectivity index (χ1) is 5.54. The Morgan fingerprint density at radius 2 is 2.14 bits per heavy atom. The fourth-order valence-electron chi connectivity index (χ4n) is 1.10. The van der Waals surface area contributed by atoms with Gasteiger partial charge in [0, 0.05) is 19.7 Å². The summed E-state index contributed by atoms with van der Waals surface area (Å²) in [4.78, 5) is 4.37. The first-order valence-electron chi connectivity index (χ1n) is 4.26. The smallest absolute Gasteiger partial charge is 1.00 e. The van der Waals surface area contributed by atoms with Gasteiger partial charge in [0.05, 0.1) is 12.9 Å². The summed E-state index contributed by atoms with van der Waals surface area (Å²) in [6, 6.07) is 0. The minimum absolute atomic E-state index is 0. The van der Waals surface area contributed by atoms with Crippen LogP contribution in [0, 0.1) is 6.20 Å². The van der Waals surface area contributed by atoms with Crippen molar-refractivity contribution in [3.8, 4) is 0 Å². The Bertz CT molecular complexity index is 204. The molecule has 0 saturated carbocycles. The molecule has 4 heteroatoms. The molecule has 1 rings (SSSR count). The second kappa shape index (κ2) is 6.57. The SMILES string of the molecule is C=CCN1C=[C]N(C(C)(C)C)C1.[Au+].[Cl-].[HH]. The number of hydrogen-bond donors (Lipinski definition) is 0. The van der Waals surface area contributed by atoms with E-state index in [1.807, 2.05) is 12.3 Å². The van der Waals surface area contributed by atoms with Crippen molar-refractivity contribution in [2.75, 3.05) is 13.2 Å². The molecule has 1 aliphatic heterocycles. The Kier molecular flexibility index (Phi) is 7.76. The third kappa shape index (κ3) is 4.56. The van der Waals surface area contributed by atoms with Gasteiger partial charge in [0.25, 0.3) is 0 Å². The van der Waals surface area contributed by atoms with Gasteiger partial charge < -0.3 is 22.2 Å². The van der Waals surface area contributed by atoms with Gasteiger partial charge in [-0.15, -0.1) is 6.58 Å². The van der Waals surface area contributed by atoms with Crippen molar-refractivity contribution in [3.63, 3.8) is 0 Å². The summed E-state index contributed by atoms with van der Waals surface area (Å²) in [6.45, 7) is 12.1. The zero-order chi connectivity index (χ0) is 9.19. The predicted molar refractivity (Wildman–Crippen MR) is 53.3 cm³/mol. The summed E-state index contributed by atoms with van der Waals surface area (Å²) in [5.74, 6) is 0. The molecule has 0 fully saturated rings. The van der Waals surface area contributed by atoms with Crippen molar-refractivity contribution in [3.05, 3.63) is 25.1 Å². The third-order valence-electron chi connectivity index (χ3n) is 1.89. The predicted octanol–water partition coefficient (Wildman–Crippen LogP) is -0.932. The molecule has 1 radical (unpaired) electrons. The van der Waals surface area contributed by atoms with Gasteiger partial charge in [0.15, 0.2) is 0 Å². The normalized spacial score (nSPS) is 14.8. The monoisotopic (exact) mass is 399 g/mol. The van der Waals surface area contributed by atoms with Gasteiger partial charge in [-0.25, -0.2) is 0 Å². The van der Waals surface area contributed by atoms with Crippen LogP contribution in [0.15, 0.2) is 18.9 Å². The summed E-state index contributed by atoms with van der Waals surface area (Å²) in [5.41, 5.74) is 0.173. The van der Waals surface area contributed by atoms with Crippen LogP contribution in [-0.2, 0) is 22.4 Å². The van der Waals surface area contributed by atoms with E-state index in [0.29, 0.717) is 0 Å². The summed E-state index contributed by atoms with van der Waals surface area (Å²) < 4.78 is 0. The summed E-state index contributed by atoms with van der Waals surface area (Å²) in [5, 5.41) is 0. The van der Waals surface area contributed by atoms with Gasteiger partial charge in [0.1, 0.15) is 0 Å². The van der Waals surface area contributed by atoms with Crippen LogP contribution in [0.5, 0.6) is 0 Å². The Labute approximate surface area is 110 Å². The molecule has 0 aromatic carbocycles. The quantitative estimate of drug-likeness (QED) is 0.437. The second-order valence-electron chi connectivity index (χ2n) is 4.06. The van der Waals surface area contributed by atoms with Crippen molar-refractivity contribution < 1.29 is 36.2 Å². The minimum Gasteiger partial charge on any atom is -1.00 e. The van der Waals surface area contributed by atoms with Gasteiger partial charge in [-0.3, -0.25) is 0 Å². The zero-order valence-electron chi connectivity index (χ0n) is 8.85. The molecule has 2 nitrogen and oxygen atoms in total. The first-order valence-corrected chi connectivity index (χ1v) is 4.26. The molecular formula is C10H19AuClN2. The molecule has 1 heterocycles. The molecular weight excluding hydrogens is 381 g/mol. The topological polar surface area (TPSA) is 6.48 Å². The number of rotatable bonds is 2. The van der Waals surface area contributed by atoms with Gasteiger partial charge in [-0.1, -0.05) is 6.08 Å². The van der Waals surface area contributed by atoms with Crippen LogP contribution < -0.4 is 12.4 Å². The van der Waals surface area contributed by atoms with Gasteiger partial charge in [0.2, 0.25) is 0 Å². The molecule has 87 valence electrons. The molecule has 0 saturated heterocycles. The van der Waals surface area contributed by atoms with E-state index in [-0.39, 0.29) is 41.8 Å². The second-order valence-corrected chi connectivity index (χ2v) is 4.06. The van der Waals surface area contributed by atoms with E-state index in [1.54, 1.807) is 0 Å². The van der Waals surface area contributed by atoms with Crippen LogP contribution in [0.25, 0.3) is 0 Å². The zero-order valence-corrected chi connectivity index (χ0v) is 11.8. The first kappa shape index (κ1) is 16.5. The molecule has 0 aromatic heterocycles. The standard InChI is InChI=1S/C10H17N2.Au.ClH.H2/c1-5-6-11-7-8-12(9-11)10(2,3)4;;;/h5,7H,1,6,9H2,2-4H3;;2*1H/q;+1;;/p-1. The van der Waals surface area contributed by atoms with Crippen LogP contribution in [0.2, 0.25) is 0 Å². The summed E-state index contributed by atoms with van der Waals surface area (Å²) in [6.07, 6.45) is 7.12. The van der Waals surface area contributed by atoms with Crippen molar-refractivity contribution in [1.82, 2.24) is 9.80 Å². The molecule has 1 aliphatic rings. The van der Waals surface area contributed by atoms with E-state index in [1.165, 1.54) is 0 Å². The van der Waals surface area contributed by atoms with Crippen LogP contribution in [0.4, 0.5) is 0 Å². The van der Waals surface area contributed by atoms with Gasteiger partial charge in [-0.2, -0.15) is 0 Å². The Hall–Kier alpha value is 0.110. The van der Waals surface area contributed by atoms with Gasteiger partial charge >= 0.3 is 22.4 Å². The van der Waals surface area contributed by atoms with Crippen LogP contribution in [0.1, 0.15) is 22.2 Å². The van der Waals surface area contributed by atoms with Crippen molar-refractivity contribution in [2.24, 2.45) is 0 Å². The largest absolute Gasteiger partial charge is 1.00 e. The number of nitrogens with zero attached hydrogens (tertiary/aromatic N) is 2. The maximum absolute atomic E-state index is 3.70.